The number of pyridine rings is 1. The zero-order valence-electron chi connectivity index (χ0n) is 10.7. The average Bonchev–Trinajstić information content (AvgIpc) is 2.85. The maximum atomic E-state index is 12.2. The molecule has 96 valence electrons. The van der Waals surface area contributed by atoms with Gasteiger partial charge < -0.3 is 10.6 Å². The van der Waals surface area contributed by atoms with Gasteiger partial charge in [-0.05, 0) is 30.2 Å². The molecule has 0 aliphatic carbocycles. The first-order chi connectivity index (χ1) is 9.24. The van der Waals surface area contributed by atoms with Gasteiger partial charge >= 0.3 is 0 Å². The number of para-hydroxylation sites is 1. The Morgan fingerprint density at radius 1 is 1.37 bits per heavy atom. The van der Waals surface area contributed by atoms with Gasteiger partial charge in [0.1, 0.15) is 6.04 Å². The minimum absolute atomic E-state index is 0.00880. The summed E-state index contributed by atoms with van der Waals surface area (Å²) < 4.78 is 0. The number of benzene rings is 1. The maximum absolute atomic E-state index is 12.2. The zero-order valence-corrected chi connectivity index (χ0v) is 10.7. The van der Waals surface area contributed by atoms with Gasteiger partial charge in [0, 0.05) is 30.2 Å². The third kappa shape index (κ3) is 2.29. The van der Waals surface area contributed by atoms with Gasteiger partial charge in [-0.2, -0.15) is 0 Å². The van der Waals surface area contributed by atoms with E-state index in [1.54, 1.807) is 12.4 Å². The highest BCUT2D eigenvalue weighted by Crippen LogP contribution is 2.26. The molecule has 0 radical (unpaired) electrons. The second kappa shape index (κ2) is 4.72. The molecule has 4 nitrogen and oxygen atoms in total. The Balaban J connectivity index is 1.72. The SMILES string of the molecule is Cc1cnccc1NC(=O)C1Cc2ccccc2N1. The summed E-state index contributed by atoms with van der Waals surface area (Å²) >= 11 is 0. The van der Waals surface area contributed by atoms with E-state index in [0.717, 1.165) is 23.4 Å². The van der Waals surface area contributed by atoms with Crippen molar-refractivity contribution in [2.24, 2.45) is 0 Å². The quantitative estimate of drug-likeness (QED) is 0.864. The lowest BCUT2D eigenvalue weighted by Crippen LogP contribution is -2.33. The van der Waals surface area contributed by atoms with E-state index in [2.05, 4.69) is 15.6 Å². The number of aromatic nitrogens is 1. The number of nitrogens with zero attached hydrogens (tertiary/aromatic N) is 1. The zero-order chi connectivity index (χ0) is 13.2. The predicted molar refractivity (Wildman–Crippen MR) is 75.2 cm³/mol. The lowest BCUT2D eigenvalue weighted by molar-refractivity contribution is -0.116. The Morgan fingerprint density at radius 2 is 2.21 bits per heavy atom. The van der Waals surface area contributed by atoms with E-state index in [1.165, 1.54) is 5.56 Å². The van der Waals surface area contributed by atoms with Crippen molar-refractivity contribution < 1.29 is 4.79 Å². The van der Waals surface area contributed by atoms with Crippen LogP contribution in [0.2, 0.25) is 0 Å². The minimum atomic E-state index is -0.204. The third-order valence-corrected chi connectivity index (χ3v) is 3.37. The largest absolute Gasteiger partial charge is 0.373 e. The highest BCUT2D eigenvalue weighted by Gasteiger charge is 2.26. The summed E-state index contributed by atoms with van der Waals surface area (Å²) in [5.41, 5.74) is 4.02. The van der Waals surface area contributed by atoms with Gasteiger partial charge in [-0.1, -0.05) is 18.2 Å². The fourth-order valence-corrected chi connectivity index (χ4v) is 2.29. The van der Waals surface area contributed by atoms with Crippen LogP contribution in [-0.2, 0) is 11.2 Å². The molecule has 1 amide bonds. The summed E-state index contributed by atoms with van der Waals surface area (Å²) in [5.74, 6) is -0.00880. The first-order valence-electron chi connectivity index (χ1n) is 6.30. The van der Waals surface area contributed by atoms with Crippen molar-refractivity contribution in [3.8, 4) is 0 Å². The molecule has 4 heteroatoms. The van der Waals surface area contributed by atoms with Gasteiger partial charge in [0.25, 0.3) is 0 Å². The van der Waals surface area contributed by atoms with Crippen molar-refractivity contribution in [2.75, 3.05) is 10.6 Å². The summed E-state index contributed by atoms with van der Waals surface area (Å²) in [5, 5.41) is 6.19. The minimum Gasteiger partial charge on any atom is -0.373 e. The smallest absolute Gasteiger partial charge is 0.247 e. The number of aryl methyl sites for hydroxylation is 1. The summed E-state index contributed by atoms with van der Waals surface area (Å²) in [7, 11) is 0. The average molecular weight is 253 g/mol. The molecule has 0 saturated heterocycles. The summed E-state index contributed by atoms with van der Waals surface area (Å²) in [6, 6.07) is 9.63. The van der Waals surface area contributed by atoms with Crippen LogP contribution in [0.15, 0.2) is 42.7 Å². The van der Waals surface area contributed by atoms with Crippen LogP contribution < -0.4 is 10.6 Å². The van der Waals surface area contributed by atoms with E-state index in [9.17, 15) is 4.79 Å². The topological polar surface area (TPSA) is 54.0 Å². The standard InChI is InChI=1S/C15H15N3O/c1-10-9-16-7-6-12(10)18-15(19)14-8-11-4-2-3-5-13(11)17-14/h2-7,9,14,17H,8H2,1H3,(H,16,18,19). The summed E-state index contributed by atoms with van der Waals surface area (Å²) in [6.45, 7) is 1.93. The Kier molecular flexibility index (Phi) is 2.91. The molecule has 3 rings (SSSR count). The van der Waals surface area contributed by atoms with Crippen molar-refractivity contribution in [3.63, 3.8) is 0 Å². The second-order valence-electron chi connectivity index (χ2n) is 4.74. The lowest BCUT2D eigenvalue weighted by Gasteiger charge is -2.13. The summed E-state index contributed by atoms with van der Waals surface area (Å²) in [4.78, 5) is 16.3. The molecule has 0 fully saturated rings. The van der Waals surface area contributed by atoms with Gasteiger partial charge in [0.05, 0.1) is 0 Å². The van der Waals surface area contributed by atoms with Crippen LogP contribution in [0.25, 0.3) is 0 Å². The number of fused-ring (bicyclic) bond motifs is 1. The molecule has 2 aromatic rings. The molecule has 2 N–H and O–H groups in total. The van der Waals surface area contributed by atoms with Gasteiger partial charge in [0.15, 0.2) is 0 Å². The molecule has 0 spiro atoms. The molecule has 1 aliphatic heterocycles. The highest BCUT2D eigenvalue weighted by molar-refractivity contribution is 5.98. The number of carbonyl (C=O) groups is 1. The van der Waals surface area contributed by atoms with Crippen molar-refractivity contribution in [3.05, 3.63) is 53.9 Å². The monoisotopic (exact) mass is 253 g/mol. The van der Waals surface area contributed by atoms with E-state index < -0.39 is 0 Å². The molecule has 1 aliphatic rings. The third-order valence-electron chi connectivity index (χ3n) is 3.37. The first kappa shape index (κ1) is 11.7. The highest BCUT2D eigenvalue weighted by atomic mass is 16.2. The van der Waals surface area contributed by atoms with Crippen molar-refractivity contribution in [2.45, 2.75) is 19.4 Å². The molecule has 2 heterocycles. The number of carbonyl (C=O) groups excluding carboxylic acids is 1. The van der Waals surface area contributed by atoms with E-state index in [1.807, 2.05) is 37.3 Å². The first-order valence-corrected chi connectivity index (χ1v) is 6.30. The van der Waals surface area contributed by atoms with E-state index in [4.69, 9.17) is 0 Å². The second-order valence-corrected chi connectivity index (χ2v) is 4.74. The Hall–Kier alpha value is -2.36. The number of nitrogens with one attached hydrogen (secondary N) is 2. The number of anilines is 2. The Labute approximate surface area is 111 Å². The fraction of sp³-hybridized carbons (Fsp3) is 0.200. The number of hydrogen-bond acceptors (Lipinski definition) is 3. The normalized spacial score (nSPS) is 16.6. The lowest BCUT2D eigenvalue weighted by atomic mass is 10.1. The van der Waals surface area contributed by atoms with Gasteiger partial charge in [0.2, 0.25) is 5.91 Å². The number of hydrogen-bond donors (Lipinski definition) is 2. The van der Waals surface area contributed by atoms with Crippen molar-refractivity contribution in [1.82, 2.24) is 4.98 Å². The van der Waals surface area contributed by atoms with Crippen molar-refractivity contribution >= 4 is 17.3 Å². The van der Waals surface area contributed by atoms with Crippen LogP contribution in [0.3, 0.4) is 0 Å². The Morgan fingerprint density at radius 3 is 3.00 bits per heavy atom. The number of amides is 1. The van der Waals surface area contributed by atoms with Crippen LogP contribution in [0.4, 0.5) is 11.4 Å². The van der Waals surface area contributed by atoms with E-state index in [-0.39, 0.29) is 11.9 Å². The molecule has 0 bridgehead atoms. The van der Waals surface area contributed by atoms with E-state index in [0.29, 0.717) is 0 Å². The van der Waals surface area contributed by atoms with Crippen LogP contribution in [0.5, 0.6) is 0 Å². The molecule has 1 aromatic heterocycles. The molecule has 0 saturated carbocycles. The van der Waals surface area contributed by atoms with Crippen LogP contribution >= 0.6 is 0 Å². The fourth-order valence-electron chi connectivity index (χ4n) is 2.29. The number of rotatable bonds is 2. The molecule has 1 aromatic carbocycles. The van der Waals surface area contributed by atoms with Gasteiger partial charge in [-0.15, -0.1) is 0 Å². The molecule has 19 heavy (non-hydrogen) atoms. The molecular weight excluding hydrogens is 238 g/mol. The molecule has 1 unspecified atom stereocenters. The van der Waals surface area contributed by atoms with Crippen LogP contribution in [-0.4, -0.2) is 16.9 Å². The molecule has 1 atom stereocenters. The van der Waals surface area contributed by atoms with Crippen molar-refractivity contribution in [1.29, 1.82) is 0 Å². The van der Waals surface area contributed by atoms with Crippen LogP contribution in [0.1, 0.15) is 11.1 Å². The van der Waals surface area contributed by atoms with Crippen LogP contribution in [0, 0.1) is 6.92 Å². The van der Waals surface area contributed by atoms with E-state index >= 15 is 0 Å². The Bertz CT molecular complexity index is 599. The van der Waals surface area contributed by atoms with Gasteiger partial charge in [-0.25, -0.2) is 0 Å². The summed E-state index contributed by atoms with van der Waals surface area (Å²) in [6.07, 6.45) is 4.15. The molecular formula is C15H15N3O. The maximum Gasteiger partial charge on any atom is 0.247 e. The predicted octanol–water partition coefficient (Wildman–Crippen LogP) is 2.37. The van der Waals surface area contributed by atoms with Gasteiger partial charge in [-0.3, -0.25) is 9.78 Å².